The van der Waals surface area contributed by atoms with E-state index in [4.69, 9.17) is 9.47 Å². The second kappa shape index (κ2) is 7.36. The van der Waals surface area contributed by atoms with Gasteiger partial charge in [0.25, 0.3) is 0 Å². The van der Waals surface area contributed by atoms with Crippen molar-refractivity contribution in [3.05, 3.63) is 47.7 Å². The Hall–Kier alpha value is -2.69. The van der Waals surface area contributed by atoms with Crippen molar-refractivity contribution in [1.82, 2.24) is 4.98 Å². The van der Waals surface area contributed by atoms with E-state index in [1.807, 2.05) is 19.1 Å². The molecular weight excluding hydrogens is 280 g/mol. The van der Waals surface area contributed by atoms with Gasteiger partial charge >= 0.3 is 0 Å². The number of aryl methyl sites for hydroxylation is 1. The molecule has 0 saturated heterocycles. The molecule has 22 heavy (non-hydrogen) atoms. The minimum absolute atomic E-state index is 0.0441. The lowest BCUT2D eigenvalue weighted by Gasteiger charge is -2.08. The molecule has 0 radical (unpaired) electrons. The molecule has 114 valence electrons. The van der Waals surface area contributed by atoms with Crippen molar-refractivity contribution in [3.63, 3.8) is 0 Å². The summed E-state index contributed by atoms with van der Waals surface area (Å²) in [7, 11) is 3.10. The summed E-state index contributed by atoms with van der Waals surface area (Å²) in [5.74, 6) is 1.68. The molecule has 1 aromatic heterocycles. The van der Waals surface area contributed by atoms with Gasteiger partial charge in [-0.1, -0.05) is 6.07 Å². The standard InChI is InChI=1S/C17H18N2O3/c1-12-5-4-6-17(19-12)18-10-9-14(20)13-7-8-15(21-2)16(11-13)22-3/h4-8,10-11H,9H2,1-3H3/b18-10+. The highest BCUT2D eigenvalue weighted by Crippen LogP contribution is 2.27. The number of rotatable bonds is 6. The number of hydrogen-bond acceptors (Lipinski definition) is 5. The van der Waals surface area contributed by atoms with Gasteiger partial charge in [0.2, 0.25) is 0 Å². The minimum Gasteiger partial charge on any atom is -0.493 e. The van der Waals surface area contributed by atoms with E-state index < -0.39 is 0 Å². The molecule has 1 heterocycles. The summed E-state index contributed by atoms with van der Waals surface area (Å²) in [6, 6.07) is 10.7. The smallest absolute Gasteiger partial charge is 0.168 e. The Bertz CT molecular complexity index is 696. The maximum absolute atomic E-state index is 12.2. The largest absolute Gasteiger partial charge is 0.493 e. The van der Waals surface area contributed by atoms with Crippen molar-refractivity contribution >= 4 is 17.8 Å². The van der Waals surface area contributed by atoms with E-state index in [-0.39, 0.29) is 12.2 Å². The van der Waals surface area contributed by atoms with Crippen LogP contribution >= 0.6 is 0 Å². The van der Waals surface area contributed by atoms with Gasteiger partial charge in [-0.15, -0.1) is 0 Å². The highest BCUT2D eigenvalue weighted by molar-refractivity contribution is 6.04. The first-order valence-electron chi connectivity index (χ1n) is 6.85. The lowest BCUT2D eigenvalue weighted by Crippen LogP contribution is -2.01. The summed E-state index contributed by atoms with van der Waals surface area (Å²) in [5, 5.41) is 0. The zero-order chi connectivity index (χ0) is 15.9. The van der Waals surface area contributed by atoms with Crippen molar-refractivity contribution < 1.29 is 14.3 Å². The quantitative estimate of drug-likeness (QED) is 0.606. The predicted molar refractivity (Wildman–Crippen MR) is 85.6 cm³/mol. The molecule has 0 unspecified atom stereocenters. The van der Waals surface area contributed by atoms with E-state index in [1.54, 1.807) is 37.6 Å². The number of hydrogen-bond donors (Lipinski definition) is 0. The Balaban J connectivity index is 2.06. The lowest BCUT2D eigenvalue weighted by molar-refractivity contribution is 0.100. The number of carbonyl (C=O) groups is 1. The summed E-state index contributed by atoms with van der Waals surface area (Å²) in [5.41, 5.74) is 1.45. The van der Waals surface area contributed by atoms with Crippen LogP contribution in [0.2, 0.25) is 0 Å². The molecule has 0 atom stereocenters. The van der Waals surface area contributed by atoms with Gasteiger partial charge in [0.15, 0.2) is 23.1 Å². The molecular formula is C17H18N2O3. The van der Waals surface area contributed by atoms with Gasteiger partial charge in [-0.3, -0.25) is 4.79 Å². The first kappa shape index (κ1) is 15.7. The molecule has 0 bridgehead atoms. The fraction of sp³-hybridized carbons (Fsp3) is 0.235. The van der Waals surface area contributed by atoms with Gasteiger partial charge in [-0.2, -0.15) is 0 Å². The summed E-state index contributed by atoms with van der Waals surface area (Å²) in [6.45, 7) is 1.90. The van der Waals surface area contributed by atoms with Crippen LogP contribution < -0.4 is 9.47 Å². The second-order valence-corrected chi connectivity index (χ2v) is 4.65. The van der Waals surface area contributed by atoms with Crippen molar-refractivity contribution in [2.75, 3.05) is 14.2 Å². The van der Waals surface area contributed by atoms with Crippen LogP contribution in [-0.4, -0.2) is 31.2 Å². The molecule has 0 spiro atoms. The molecule has 0 N–H and O–H groups in total. The van der Waals surface area contributed by atoms with E-state index in [0.717, 1.165) is 5.69 Å². The number of ether oxygens (including phenoxy) is 2. The Kier molecular flexibility index (Phi) is 5.25. The molecule has 2 aromatic rings. The number of methoxy groups -OCH3 is 2. The van der Waals surface area contributed by atoms with E-state index >= 15 is 0 Å². The first-order valence-corrected chi connectivity index (χ1v) is 6.85. The molecule has 0 aliphatic carbocycles. The third-order valence-electron chi connectivity index (χ3n) is 3.08. The minimum atomic E-state index is -0.0441. The molecule has 1 aromatic carbocycles. The topological polar surface area (TPSA) is 60.8 Å². The molecule has 5 heteroatoms. The van der Waals surface area contributed by atoms with Gasteiger partial charge in [-0.05, 0) is 37.3 Å². The zero-order valence-corrected chi connectivity index (χ0v) is 12.9. The fourth-order valence-corrected chi connectivity index (χ4v) is 1.95. The monoisotopic (exact) mass is 298 g/mol. The van der Waals surface area contributed by atoms with Crippen molar-refractivity contribution in [1.29, 1.82) is 0 Å². The number of pyridine rings is 1. The Labute approximate surface area is 129 Å². The summed E-state index contributed by atoms with van der Waals surface area (Å²) < 4.78 is 10.3. The molecule has 2 rings (SSSR count). The number of benzene rings is 1. The number of nitrogens with zero attached hydrogens (tertiary/aromatic N) is 2. The van der Waals surface area contributed by atoms with Crippen molar-refractivity contribution in [3.8, 4) is 11.5 Å². The van der Waals surface area contributed by atoms with Gasteiger partial charge in [0.05, 0.1) is 14.2 Å². The van der Waals surface area contributed by atoms with E-state index in [9.17, 15) is 4.79 Å². The Morgan fingerprint density at radius 3 is 2.64 bits per heavy atom. The van der Waals surface area contributed by atoms with E-state index in [2.05, 4.69) is 9.98 Å². The second-order valence-electron chi connectivity index (χ2n) is 4.65. The summed E-state index contributed by atoms with van der Waals surface area (Å²) in [4.78, 5) is 20.6. The first-order chi connectivity index (χ1) is 10.6. The Morgan fingerprint density at radius 1 is 1.18 bits per heavy atom. The van der Waals surface area contributed by atoms with Gasteiger partial charge in [0.1, 0.15) is 0 Å². The van der Waals surface area contributed by atoms with Crippen LogP contribution in [0.5, 0.6) is 11.5 Å². The molecule has 0 aliphatic rings. The molecule has 5 nitrogen and oxygen atoms in total. The van der Waals surface area contributed by atoms with Crippen molar-refractivity contribution in [2.24, 2.45) is 4.99 Å². The van der Waals surface area contributed by atoms with Crippen LogP contribution in [0.3, 0.4) is 0 Å². The van der Waals surface area contributed by atoms with E-state index in [0.29, 0.717) is 22.9 Å². The van der Waals surface area contributed by atoms with Gasteiger partial charge in [0, 0.05) is 23.9 Å². The maximum atomic E-state index is 12.2. The van der Waals surface area contributed by atoms with E-state index in [1.165, 1.54) is 7.11 Å². The van der Waals surface area contributed by atoms with Crippen molar-refractivity contribution in [2.45, 2.75) is 13.3 Å². The van der Waals surface area contributed by atoms with Crippen LogP contribution in [0, 0.1) is 6.92 Å². The molecule has 0 aliphatic heterocycles. The Morgan fingerprint density at radius 2 is 1.95 bits per heavy atom. The normalized spacial score (nSPS) is 10.7. The molecule has 0 amide bonds. The van der Waals surface area contributed by atoms with Crippen LogP contribution in [0.25, 0.3) is 0 Å². The summed E-state index contributed by atoms with van der Waals surface area (Å²) in [6.07, 6.45) is 1.77. The van der Waals surface area contributed by atoms with Crippen LogP contribution in [0.15, 0.2) is 41.4 Å². The number of aromatic nitrogens is 1. The fourth-order valence-electron chi connectivity index (χ4n) is 1.95. The number of aliphatic imine (C=N–C) groups is 1. The van der Waals surface area contributed by atoms with Gasteiger partial charge < -0.3 is 9.47 Å². The summed E-state index contributed by atoms with van der Waals surface area (Å²) >= 11 is 0. The average Bonchev–Trinajstić information content (AvgIpc) is 2.54. The highest BCUT2D eigenvalue weighted by atomic mass is 16.5. The number of ketones is 1. The van der Waals surface area contributed by atoms with Crippen LogP contribution in [0.1, 0.15) is 22.5 Å². The maximum Gasteiger partial charge on any atom is 0.168 e. The predicted octanol–water partition coefficient (Wildman–Crippen LogP) is 3.38. The SMILES string of the molecule is COc1ccc(C(=O)C/C=N/c2cccc(C)n2)cc1OC. The molecule has 0 fully saturated rings. The number of Topliss-reactive ketones (excluding diaryl/α,β-unsaturated/α-hetero) is 1. The number of carbonyl (C=O) groups excluding carboxylic acids is 1. The third-order valence-corrected chi connectivity index (χ3v) is 3.08. The third kappa shape index (κ3) is 3.91. The zero-order valence-electron chi connectivity index (χ0n) is 12.9. The lowest BCUT2D eigenvalue weighted by atomic mass is 10.1. The van der Waals surface area contributed by atoms with Gasteiger partial charge in [-0.25, -0.2) is 9.98 Å². The highest BCUT2D eigenvalue weighted by Gasteiger charge is 2.09. The average molecular weight is 298 g/mol. The molecule has 0 saturated carbocycles. The van der Waals surface area contributed by atoms with Crippen LogP contribution in [-0.2, 0) is 0 Å². The van der Waals surface area contributed by atoms with Crippen LogP contribution in [0.4, 0.5) is 5.82 Å².